The van der Waals surface area contributed by atoms with E-state index in [4.69, 9.17) is 9.90 Å². The van der Waals surface area contributed by atoms with Gasteiger partial charge < -0.3 is 15.3 Å². The number of alkyl halides is 3. The summed E-state index contributed by atoms with van der Waals surface area (Å²) >= 11 is 3.32. The number of carboxylic acids is 1. The van der Waals surface area contributed by atoms with Gasteiger partial charge >= 0.3 is 12.1 Å². The van der Waals surface area contributed by atoms with E-state index in [0.717, 1.165) is 6.42 Å². The molecule has 204 valence electrons. The third-order valence-electron chi connectivity index (χ3n) is 4.89. The fourth-order valence-electron chi connectivity index (χ4n) is 3.28. The highest BCUT2D eigenvalue weighted by molar-refractivity contribution is 9.10. The van der Waals surface area contributed by atoms with Crippen molar-refractivity contribution in [3.05, 3.63) is 35.1 Å². The van der Waals surface area contributed by atoms with E-state index < -0.39 is 22.2 Å². The van der Waals surface area contributed by atoms with E-state index in [9.17, 15) is 21.6 Å². The molecular formula is C21H32BrF3N6O4S. The molecule has 0 fully saturated rings. The van der Waals surface area contributed by atoms with E-state index in [1.54, 1.807) is 18.3 Å². The Kier molecular flexibility index (Phi) is 12.3. The van der Waals surface area contributed by atoms with Gasteiger partial charge in [-0.2, -0.15) is 18.3 Å². The fraction of sp³-hybridized carbons (Fsp3) is 0.571. The van der Waals surface area contributed by atoms with E-state index in [1.807, 2.05) is 38.0 Å². The van der Waals surface area contributed by atoms with E-state index >= 15 is 0 Å². The average molecular weight is 601 g/mol. The summed E-state index contributed by atoms with van der Waals surface area (Å²) in [6.45, 7) is 7.26. The number of rotatable bonds is 11. The van der Waals surface area contributed by atoms with Crippen LogP contribution < -0.4 is 10.0 Å². The van der Waals surface area contributed by atoms with Crippen LogP contribution in [0.2, 0.25) is 0 Å². The molecule has 0 aliphatic heterocycles. The third-order valence-corrected chi connectivity index (χ3v) is 7.20. The first-order valence-corrected chi connectivity index (χ1v) is 13.2. The van der Waals surface area contributed by atoms with Gasteiger partial charge in [-0.05, 0) is 67.5 Å². The maximum absolute atomic E-state index is 12.8. The van der Waals surface area contributed by atoms with Crippen molar-refractivity contribution in [3.8, 4) is 0 Å². The van der Waals surface area contributed by atoms with Crippen LogP contribution in [-0.4, -0.2) is 78.1 Å². The lowest BCUT2D eigenvalue weighted by molar-refractivity contribution is -0.192. The molecule has 2 rings (SSSR count). The number of nitrogens with one attached hydrogen (secondary N) is 2. The Morgan fingerprint density at radius 3 is 2.33 bits per heavy atom. The van der Waals surface area contributed by atoms with Gasteiger partial charge in [0.15, 0.2) is 5.03 Å². The van der Waals surface area contributed by atoms with Crippen LogP contribution in [-0.2, 0) is 21.4 Å². The number of carbonyl (C=O) groups is 1. The second-order valence-electron chi connectivity index (χ2n) is 8.52. The van der Waals surface area contributed by atoms with E-state index in [1.165, 1.54) is 0 Å². The van der Waals surface area contributed by atoms with Crippen LogP contribution in [0.15, 0.2) is 40.1 Å². The van der Waals surface area contributed by atoms with E-state index in [2.05, 4.69) is 54.8 Å². The van der Waals surface area contributed by atoms with Crippen molar-refractivity contribution in [1.82, 2.24) is 24.4 Å². The molecular weight excluding hydrogens is 569 g/mol. The van der Waals surface area contributed by atoms with Gasteiger partial charge in [0.2, 0.25) is 0 Å². The molecule has 0 amide bonds. The molecule has 3 N–H and O–H groups in total. The zero-order chi connectivity index (χ0) is 27.7. The number of anilines is 1. The zero-order valence-corrected chi connectivity index (χ0v) is 23.0. The van der Waals surface area contributed by atoms with Crippen LogP contribution in [0.3, 0.4) is 0 Å². The Balaban J connectivity index is 0.000000809. The molecule has 0 aromatic carbocycles. The molecule has 15 heteroatoms. The average Bonchev–Trinajstić information content (AvgIpc) is 3.24. The van der Waals surface area contributed by atoms with Crippen LogP contribution in [0.1, 0.15) is 27.2 Å². The van der Waals surface area contributed by atoms with Gasteiger partial charge in [-0.3, -0.25) is 4.68 Å². The van der Waals surface area contributed by atoms with Gasteiger partial charge in [-0.15, -0.1) is 0 Å². The number of hydrogen-bond donors (Lipinski definition) is 3. The largest absolute Gasteiger partial charge is 0.490 e. The van der Waals surface area contributed by atoms with Crippen molar-refractivity contribution in [2.75, 3.05) is 26.0 Å². The Hall–Kier alpha value is -2.23. The van der Waals surface area contributed by atoms with Gasteiger partial charge in [-0.1, -0.05) is 13.8 Å². The normalized spacial score (nSPS) is 13.8. The summed E-state index contributed by atoms with van der Waals surface area (Å²) in [5.41, 5.74) is 0. The smallest absolute Gasteiger partial charge is 0.475 e. The number of hydrogen-bond acceptors (Lipinski definition) is 7. The molecule has 0 bridgehead atoms. The highest BCUT2D eigenvalue weighted by atomic mass is 79.9. The highest BCUT2D eigenvalue weighted by Crippen LogP contribution is 2.22. The molecule has 10 nitrogen and oxygen atoms in total. The molecule has 2 unspecified atom stereocenters. The quantitative estimate of drug-likeness (QED) is 0.358. The van der Waals surface area contributed by atoms with Gasteiger partial charge in [0.25, 0.3) is 10.0 Å². The highest BCUT2D eigenvalue weighted by Gasteiger charge is 2.38. The maximum Gasteiger partial charge on any atom is 0.490 e. The topological polar surface area (TPSA) is 129 Å². The standard InChI is InChI=1S/C19H31BrN6O2S.C2HF3O2/c1-14(2)17(25(4)5)9-11-22-29(27,28)19-16(20)7-8-18(24-19)23-15(3)13-26-12-6-10-21-26;3-2(4,5)1(6)7/h6-8,10,12,14-15,17,22H,9,11,13H2,1-5H3,(H,23,24);(H,6,7). The summed E-state index contributed by atoms with van der Waals surface area (Å²) < 4.78 is 62.3. The van der Waals surface area contributed by atoms with Crippen LogP contribution in [0.4, 0.5) is 19.0 Å². The van der Waals surface area contributed by atoms with Crippen LogP contribution in [0.25, 0.3) is 0 Å². The molecule has 0 saturated heterocycles. The number of pyridine rings is 1. The molecule has 2 aromatic rings. The summed E-state index contributed by atoms with van der Waals surface area (Å²) in [4.78, 5) is 15.4. The first kappa shape index (κ1) is 31.8. The molecule has 0 saturated carbocycles. The summed E-state index contributed by atoms with van der Waals surface area (Å²) in [7, 11) is 0.291. The first-order chi connectivity index (χ1) is 16.5. The van der Waals surface area contributed by atoms with Gasteiger partial charge in [0, 0.05) is 31.0 Å². The number of aliphatic carboxylic acids is 1. The molecule has 0 aliphatic rings. The number of nitrogens with zero attached hydrogens (tertiary/aromatic N) is 4. The molecule has 0 aliphatic carbocycles. The Labute approximate surface area is 217 Å². The van der Waals surface area contributed by atoms with Crippen molar-refractivity contribution in [3.63, 3.8) is 0 Å². The summed E-state index contributed by atoms with van der Waals surface area (Å²) in [5.74, 6) is -1.82. The molecule has 0 spiro atoms. The lowest BCUT2D eigenvalue weighted by Gasteiger charge is -2.27. The molecule has 2 aromatic heterocycles. The minimum atomic E-state index is -5.08. The molecule has 0 radical (unpaired) electrons. The fourth-order valence-corrected chi connectivity index (χ4v) is 5.20. The lowest BCUT2D eigenvalue weighted by Crippen LogP contribution is -2.37. The van der Waals surface area contributed by atoms with Crippen LogP contribution in [0, 0.1) is 5.92 Å². The van der Waals surface area contributed by atoms with Gasteiger partial charge in [0.05, 0.1) is 11.0 Å². The van der Waals surface area contributed by atoms with Crippen molar-refractivity contribution in [1.29, 1.82) is 0 Å². The van der Waals surface area contributed by atoms with Gasteiger partial charge in [0.1, 0.15) is 5.82 Å². The van der Waals surface area contributed by atoms with Crippen LogP contribution >= 0.6 is 15.9 Å². The molecule has 2 heterocycles. The SMILES string of the molecule is CC(Cn1cccn1)Nc1ccc(Br)c(S(=O)(=O)NCCC(C(C)C)N(C)C)n1.O=C(O)C(F)(F)F. The molecule has 36 heavy (non-hydrogen) atoms. The Morgan fingerprint density at radius 1 is 1.25 bits per heavy atom. The maximum atomic E-state index is 12.8. The zero-order valence-electron chi connectivity index (χ0n) is 20.6. The third kappa shape index (κ3) is 10.8. The Bertz CT molecular complexity index is 1060. The second kappa shape index (κ2) is 13.9. The molecule has 2 atom stereocenters. The predicted octanol–water partition coefficient (Wildman–Crippen LogP) is 3.43. The number of halogens is 4. The first-order valence-electron chi connectivity index (χ1n) is 10.9. The van der Waals surface area contributed by atoms with Crippen LogP contribution in [0.5, 0.6) is 0 Å². The minimum absolute atomic E-state index is 0.0141. The van der Waals surface area contributed by atoms with E-state index in [-0.39, 0.29) is 11.1 Å². The number of aromatic nitrogens is 3. The second-order valence-corrected chi connectivity index (χ2v) is 11.1. The number of carboxylic acid groups (broad SMARTS) is 1. The van der Waals surface area contributed by atoms with Gasteiger partial charge in [-0.25, -0.2) is 22.9 Å². The minimum Gasteiger partial charge on any atom is -0.475 e. The number of sulfonamides is 1. The summed E-state index contributed by atoms with van der Waals surface area (Å²) in [6.07, 6.45) is -0.757. The van der Waals surface area contributed by atoms with E-state index in [0.29, 0.717) is 35.3 Å². The predicted molar refractivity (Wildman–Crippen MR) is 133 cm³/mol. The summed E-state index contributed by atoms with van der Waals surface area (Å²) in [6, 6.07) is 5.63. The van der Waals surface area contributed by atoms with Crippen molar-refractivity contribution in [2.45, 2.75) is 57.0 Å². The van der Waals surface area contributed by atoms with Crippen molar-refractivity contribution in [2.24, 2.45) is 5.92 Å². The Morgan fingerprint density at radius 2 is 1.86 bits per heavy atom. The summed E-state index contributed by atoms with van der Waals surface area (Å²) in [5, 5.41) is 14.5. The van der Waals surface area contributed by atoms with Crippen molar-refractivity contribution < 1.29 is 31.5 Å². The lowest BCUT2D eigenvalue weighted by atomic mass is 10.0. The van der Waals surface area contributed by atoms with Crippen molar-refractivity contribution >= 4 is 37.7 Å². The monoisotopic (exact) mass is 600 g/mol.